The highest BCUT2D eigenvalue weighted by Gasteiger charge is 2.09. The average molecular weight is 235 g/mol. The third-order valence-corrected chi connectivity index (χ3v) is 2.64. The average Bonchev–Trinajstić information content (AvgIpc) is 2.67. The summed E-state index contributed by atoms with van der Waals surface area (Å²) in [6.45, 7) is 0.477. The van der Waals surface area contributed by atoms with Gasteiger partial charge in [0, 0.05) is 6.07 Å². The minimum absolute atomic E-state index is 0.346. The molecule has 0 radical (unpaired) electrons. The summed E-state index contributed by atoms with van der Waals surface area (Å²) in [4.78, 5) is 4.41. The first kappa shape index (κ1) is 10.8. The number of nitrogens with zero attached hydrogens (tertiary/aromatic N) is 2. The zero-order chi connectivity index (χ0) is 11.5. The molecule has 3 nitrogen and oxygen atoms in total. The minimum atomic E-state index is 0.346. The Labute approximate surface area is 99.0 Å². The van der Waals surface area contributed by atoms with Crippen LogP contribution in [-0.2, 0) is 12.4 Å². The summed E-state index contributed by atoms with van der Waals surface area (Å²) in [5.41, 5.74) is 1.83. The maximum Gasteiger partial charge on any atom is 0.125 e. The molecule has 0 atom stereocenters. The third-order valence-electron chi connectivity index (χ3n) is 2.40. The number of hydrogen-bond acceptors (Lipinski definition) is 2. The van der Waals surface area contributed by atoms with Crippen molar-refractivity contribution in [2.45, 2.75) is 12.4 Å². The molecule has 82 valence electrons. The van der Waals surface area contributed by atoms with Crippen LogP contribution in [0.1, 0.15) is 5.82 Å². The van der Waals surface area contributed by atoms with E-state index < -0.39 is 0 Å². The summed E-state index contributed by atoms with van der Waals surface area (Å²) in [5, 5.41) is 0. The highest BCUT2D eigenvalue weighted by atomic mass is 35.5. The molecule has 2 aromatic rings. The Balaban J connectivity index is 2.63. The van der Waals surface area contributed by atoms with Crippen LogP contribution in [0.15, 0.2) is 18.2 Å². The monoisotopic (exact) mass is 234 g/mol. The van der Waals surface area contributed by atoms with Gasteiger partial charge >= 0.3 is 0 Å². The van der Waals surface area contributed by atoms with E-state index in [4.69, 9.17) is 22.8 Å². The van der Waals surface area contributed by atoms with Crippen molar-refractivity contribution in [3.8, 4) is 18.1 Å². The molecule has 0 saturated carbocycles. The predicted molar refractivity (Wildman–Crippen MR) is 64.7 cm³/mol. The molecule has 1 heterocycles. The summed E-state index contributed by atoms with van der Waals surface area (Å²) in [5.74, 6) is 4.50. The number of aromatic nitrogens is 2. The lowest BCUT2D eigenvalue weighted by Gasteiger charge is -2.02. The first-order valence-electron chi connectivity index (χ1n) is 4.82. The number of terminal acetylenes is 1. The van der Waals surface area contributed by atoms with Crippen molar-refractivity contribution in [1.29, 1.82) is 0 Å². The van der Waals surface area contributed by atoms with Crippen LogP contribution in [0.3, 0.4) is 0 Å². The van der Waals surface area contributed by atoms with E-state index in [-0.39, 0.29) is 0 Å². The van der Waals surface area contributed by atoms with Crippen molar-refractivity contribution in [2.75, 3.05) is 7.11 Å². The Kier molecular flexibility index (Phi) is 3.02. The van der Waals surface area contributed by atoms with E-state index in [9.17, 15) is 0 Å². The summed E-state index contributed by atoms with van der Waals surface area (Å²) < 4.78 is 7.07. The molecule has 0 fully saturated rings. The van der Waals surface area contributed by atoms with Crippen LogP contribution in [0.25, 0.3) is 11.0 Å². The predicted octanol–water partition coefficient (Wildman–Crippen LogP) is 2.42. The molecular formula is C12H11ClN2O. The van der Waals surface area contributed by atoms with Crippen LogP contribution in [0.2, 0.25) is 0 Å². The van der Waals surface area contributed by atoms with Crippen molar-refractivity contribution in [2.24, 2.45) is 0 Å². The smallest absolute Gasteiger partial charge is 0.125 e. The van der Waals surface area contributed by atoms with Gasteiger partial charge in [-0.25, -0.2) is 4.98 Å². The first-order valence-corrected chi connectivity index (χ1v) is 5.36. The molecule has 0 N–H and O–H groups in total. The van der Waals surface area contributed by atoms with Crippen LogP contribution in [-0.4, -0.2) is 16.7 Å². The van der Waals surface area contributed by atoms with Crippen molar-refractivity contribution in [3.63, 3.8) is 0 Å². The van der Waals surface area contributed by atoms with Gasteiger partial charge in [-0.1, -0.05) is 5.92 Å². The van der Waals surface area contributed by atoms with Gasteiger partial charge in [-0.05, 0) is 12.1 Å². The molecule has 0 saturated heterocycles. The maximum atomic E-state index is 5.83. The van der Waals surface area contributed by atoms with Crippen molar-refractivity contribution < 1.29 is 4.74 Å². The van der Waals surface area contributed by atoms with E-state index in [1.807, 2.05) is 22.8 Å². The molecule has 0 aliphatic heterocycles. The summed E-state index contributed by atoms with van der Waals surface area (Å²) in [6.07, 6.45) is 5.32. The molecule has 0 aliphatic rings. The largest absolute Gasteiger partial charge is 0.497 e. The number of rotatable bonds is 3. The molecule has 0 amide bonds. The fraction of sp³-hybridized carbons (Fsp3) is 0.250. The molecule has 1 aromatic heterocycles. The number of halogens is 1. The Morgan fingerprint density at radius 2 is 2.38 bits per heavy atom. The normalized spacial score (nSPS) is 10.3. The standard InChI is InChI=1S/C12H11ClN2O/c1-3-6-15-11-5-4-9(16-2)7-10(11)14-12(15)8-13/h1,4-5,7H,6,8H2,2H3. The van der Waals surface area contributed by atoms with Crippen LogP contribution in [0.5, 0.6) is 5.75 Å². The molecule has 16 heavy (non-hydrogen) atoms. The number of methoxy groups -OCH3 is 1. The summed E-state index contributed by atoms with van der Waals surface area (Å²) >= 11 is 5.83. The van der Waals surface area contributed by atoms with Crippen LogP contribution >= 0.6 is 11.6 Å². The van der Waals surface area contributed by atoms with Gasteiger partial charge in [-0.2, -0.15) is 0 Å². The number of fused-ring (bicyclic) bond motifs is 1. The second kappa shape index (κ2) is 4.46. The molecule has 0 unspecified atom stereocenters. The van der Waals surface area contributed by atoms with Gasteiger partial charge in [0.25, 0.3) is 0 Å². The molecule has 0 aliphatic carbocycles. The zero-order valence-electron chi connectivity index (χ0n) is 8.90. The fourth-order valence-electron chi connectivity index (χ4n) is 1.66. The van der Waals surface area contributed by atoms with Gasteiger partial charge in [-0.3, -0.25) is 0 Å². The van der Waals surface area contributed by atoms with Crippen LogP contribution in [0.4, 0.5) is 0 Å². The lowest BCUT2D eigenvalue weighted by atomic mass is 10.3. The summed E-state index contributed by atoms with van der Waals surface area (Å²) in [6, 6.07) is 5.70. The fourth-order valence-corrected chi connectivity index (χ4v) is 1.86. The van der Waals surface area contributed by atoms with Gasteiger partial charge in [0.15, 0.2) is 0 Å². The Morgan fingerprint density at radius 3 is 3.00 bits per heavy atom. The number of benzene rings is 1. The van der Waals surface area contributed by atoms with Gasteiger partial charge in [-0.15, -0.1) is 18.0 Å². The molecule has 0 bridgehead atoms. The molecular weight excluding hydrogens is 224 g/mol. The third kappa shape index (κ3) is 1.72. The second-order valence-corrected chi connectivity index (χ2v) is 3.57. The molecule has 1 aromatic carbocycles. The van der Waals surface area contributed by atoms with E-state index in [1.54, 1.807) is 7.11 Å². The Morgan fingerprint density at radius 1 is 1.56 bits per heavy atom. The molecule has 2 rings (SSSR count). The van der Waals surface area contributed by atoms with Crippen molar-refractivity contribution >= 4 is 22.6 Å². The maximum absolute atomic E-state index is 5.83. The number of alkyl halides is 1. The SMILES string of the molecule is C#CCn1c(CCl)nc2cc(OC)ccc21. The van der Waals surface area contributed by atoms with E-state index in [2.05, 4.69) is 10.9 Å². The number of hydrogen-bond donors (Lipinski definition) is 0. The van der Waals surface area contributed by atoms with E-state index in [0.717, 1.165) is 22.6 Å². The topological polar surface area (TPSA) is 27.1 Å². The van der Waals surface area contributed by atoms with Crippen LogP contribution in [0, 0.1) is 12.3 Å². The zero-order valence-corrected chi connectivity index (χ0v) is 9.66. The van der Waals surface area contributed by atoms with Crippen molar-refractivity contribution in [3.05, 3.63) is 24.0 Å². The highest BCUT2D eigenvalue weighted by molar-refractivity contribution is 6.16. The number of ether oxygens (including phenoxy) is 1. The van der Waals surface area contributed by atoms with Gasteiger partial charge < -0.3 is 9.30 Å². The number of imidazole rings is 1. The Bertz CT molecular complexity index is 554. The lowest BCUT2D eigenvalue weighted by molar-refractivity contribution is 0.415. The van der Waals surface area contributed by atoms with E-state index in [1.165, 1.54) is 0 Å². The van der Waals surface area contributed by atoms with E-state index in [0.29, 0.717) is 12.4 Å². The Hall–Kier alpha value is -1.66. The van der Waals surface area contributed by atoms with Gasteiger partial charge in [0.1, 0.15) is 11.6 Å². The highest BCUT2D eigenvalue weighted by Crippen LogP contribution is 2.22. The van der Waals surface area contributed by atoms with Gasteiger partial charge in [0.2, 0.25) is 0 Å². The van der Waals surface area contributed by atoms with Crippen molar-refractivity contribution in [1.82, 2.24) is 9.55 Å². The van der Waals surface area contributed by atoms with Crippen LogP contribution < -0.4 is 4.74 Å². The molecule has 4 heteroatoms. The summed E-state index contributed by atoms with van der Waals surface area (Å²) in [7, 11) is 1.63. The quantitative estimate of drug-likeness (QED) is 0.603. The molecule has 0 spiro atoms. The van der Waals surface area contributed by atoms with E-state index >= 15 is 0 Å². The first-order chi connectivity index (χ1) is 7.80. The minimum Gasteiger partial charge on any atom is -0.497 e. The lowest BCUT2D eigenvalue weighted by Crippen LogP contribution is -2.00. The second-order valence-electron chi connectivity index (χ2n) is 3.31. The van der Waals surface area contributed by atoms with Gasteiger partial charge in [0.05, 0.1) is 30.6 Å².